The Balaban J connectivity index is 2.45. The molecule has 0 radical (unpaired) electrons. The molecule has 18 heavy (non-hydrogen) atoms. The minimum absolute atomic E-state index is 0.000278. The van der Waals surface area contributed by atoms with Crippen LogP contribution in [0.15, 0.2) is 12.4 Å². The number of pyridine rings is 1. The fraction of sp³-hybridized carbons (Fsp3) is 0.400. The number of nitrogens with zero attached hydrogens (tertiary/aromatic N) is 3. The molecule has 0 aromatic carbocycles. The number of halogens is 1. The van der Waals surface area contributed by atoms with Crippen LogP contribution in [0.3, 0.4) is 0 Å². The minimum atomic E-state index is -1.05. The quantitative estimate of drug-likeness (QED) is 0.647. The van der Waals surface area contributed by atoms with Crippen LogP contribution < -0.4 is 4.90 Å². The highest BCUT2D eigenvalue weighted by Gasteiger charge is 2.35. The van der Waals surface area contributed by atoms with E-state index in [2.05, 4.69) is 4.98 Å². The van der Waals surface area contributed by atoms with Crippen molar-refractivity contribution in [3.8, 4) is 0 Å². The van der Waals surface area contributed by atoms with E-state index in [4.69, 9.17) is 16.7 Å². The molecule has 7 nitrogen and oxygen atoms in total. The molecule has 0 saturated heterocycles. The molecule has 0 bridgehead atoms. The van der Waals surface area contributed by atoms with Gasteiger partial charge in [-0.1, -0.05) is 11.6 Å². The maximum Gasteiger partial charge on any atom is 0.323 e. The lowest BCUT2D eigenvalue weighted by molar-refractivity contribution is -0.384. The zero-order valence-electron chi connectivity index (χ0n) is 9.24. The van der Waals surface area contributed by atoms with Gasteiger partial charge in [-0.05, 0) is 12.8 Å². The van der Waals surface area contributed by atoms with Crippen LogP contribution in [-0.4, -0.2) is 33.6 Å². The van der Waals surface area contributed by atoms with Crippen molar-refractivity contribution in [3.05, 3.63) is 27.5 Å². The van der Waals surface area contributed by atoms with Crippen molar-refractivity contribution in [3.63, 3.8) is 0 Å². The van der Waals surface area contributed by atoms with Crippen molar-refractivity contribution < 1.29 is 14.8 Å². The lowest BCUT2D eigenvalue weighted by Crippen LogP contribution is -2.32. The van der Waals surface area contributed by atoms with Crippen LogP contribution in [0.4, 0.5) is 11.4 Å². The molecule has 0 unspecified atom stereocenters. The van der Waals surface area contributed by atoms with Gasteiger partial charge in [-0.15, -0.1) is 0 Å². The number of carboxylic acid groups (broad SMARTS) is 1. The summed E-state index contributed by atoms with van der Waals surface area (Å²) in [7, 11) is 0. The van der Waals surface area contributed by atoms with Gasteiger partial charge in [0.2, 0.25) is 0 Å². The molecular formula is C10H10ClN3O4. The molecule has 1 aliphatic carbocycles. The van der Waals surface area contributed by atoms with Gasteiger partial charge in [-0.25, -0.2) is 0 Å². The second kappa shape index (κ2) is 4.77. The maximum absolute atomic E-state index is 10.9. The zero-order chi connectivity index (χ0) is 13.3. The van der Waals surface area contributed by atoms with Crippen molar-refractivity contribution >= 4 is 28.9 Å². The van der Waals surface area contributed by atoms with Gasteiger partial charge in [0.1, 0.15) is 18.4 Å². The van der Waals surface area contributed by atoms with Crippen molar-refractivity contribution in [1.29, 1.82) is 0 Å². The first kappa shape index (κ1) is 12.6. The van der Waals surface area contributed by atoms with E-state index in [1.54, 1.807) is 0 Å². The zero-order valence-corrected chi connectivity index (χ0v) is 10.0. The van der Waals surface area contributed by atoms with Gasteiger partial charge in [0, 0.05) is 12.2 Å². The van der Waals surface area contributed by atoms with E-state index >= 15 is 0 Å². The van der Waals surface area contributed by atoms with Gasteiger partial charge in [0.15, 0.2) is 0 Å². The van der Waals surface area contributed by atoms with Gasteiger partial charge < -0.3 is 10.0 Å². The molecule has 0 aliphatic heterocycles. The molecular weight excluding hydrogens is 262 g/mol. The van der Waals surface area contributed by atoms with E-state index in [0.717, 1.165) is 19.0 Å². The summed E-state index contributed by atoms with van der Waals surface area (Å²) in [6.07, 6.45) is 3.98. The lowest BCUT2D eigenvalue weighted by atomic mass is 10.3. The Kier molecular flexibility index (Phi) is 3.33. The molecule has 0 amide bonds. The molecule has 1 saturated carbocycles. The molecule has 1 fully saturated rings. The molecule has 1 aromatic rings. The summed E-state index contributed by atoms with van der Waals surface area (Å²) < 4.78 is 0. The Bertz CT molecular complexity index is 504. The standard InChI is InChI=1S/C10H10ClN3O4/c11-7-3-12-4-8(14(17)18)10(7)13(5-9(15)16)6-1-2-6/h3-4,6H,1-2,5H2,(H,15,16). The van der Waals surface area contributed by atoms with Crippen molar-refractivity contribution in [2.45, 2.75) is 18.9 Å². The van der Waals surface area contributed by atoms with E-state index in [1.165, 1.54) is 11.1 Å². The van der Waals surface area contributed by atoms with Gasteiger partial charge in [-0.3, -0.25) is 19.9 Å². The SMILES string of the molecule is O=C(O)CN(c1c(Cl)cncc1[N+](=O)[O-])C1CC1. The fourth-order valence-corrected chi connectivity index (χ4v) is 2.02. The Hall–Kier alpha value is -1.89. The van der Waals surface area contributed by atoms with Gasteiger partial charge in [0.05, 0.1) is 9.95 Å². The number of aromatic nitrogens is 1. The Labute approximate surface area is 107 Å². The normalized spacial score (nSPS) is 14.3. The summed E-state index contributed by atoms with van der Waals surface area (Å²) in [5.41, 5.74) is -0.128. The number of carboxylic acids is 1. The number of hydrogen-bond acceptors (Lipinski definition) is 5. The predicted molar refractivity (Wildman–Crippen MR) is 63.9 cm³/mol. The predicted octanol–water partition coefficient (Wildman–Crippen LogP) is 1.70. The van der Waals surface area contributed by atoms with Crippen molar-refractivity contribution in [1.82, 2.24) is 4.98 Å². The van der Waals surface area contributed by atoms with Gasteiger partial charge in [-0.2, -0.15) is 0 Å². The molecule has 0 atom stereocenters. The maximum atomic E-state index is 10.9. The van der Waals surface area contributed by atoms with E-state index in [9.17, 15) is 14.9 Å². The summed E-state index contributed by atoms with van der Waals surface area (Å²) >= 11 is 5.92. The lowest BCUT2D eigenvalue weighted by Gasteiger charge is -2.22. The number of rotatable bonds is 5. The molecule has 1 aromatic heterocycles. The van der Waals surface area contributed by atoms with Crippen LogP contribution in [0.1, 0.15) is 12.8 Å². The Morgan fingerprint density at radius 2 is 2.28 bits per heavy atom. The summed E-state index contributed by atoms with van der Waals surface area (Å²) in [5, 5.41) is 19.9. The summed E-state index contributed by atoms with van der Waals surface area (Å²) in [6.45, 7) is -0.310. The molecule has 2 rings (SSSR count). The van der Waals surface area contributed by atoms with E-state index in [0.29, 0.717) is 0 Å². The first-order chi connectivity index (χ1) is 8.50. The Morgan fingerprint density at radius 1 is 1.61 bits per heavy atom. The minimum Gasteiger partial charge on any atom is -0.480 e. The topological polar surface area (TPSA) is 96.6 Å². The van der Waals surface area contributed by atoms with Crippen LogP contribution in [0.2, 0.25) is 5.02 Å². The van der Waals surface area contributed by atoms with E-state index < -0.39 is 10.9 Å². The highest BCUT2D eigenvalue weighted by molar-refractivity contribution is 6.33. The van der Waals surface area contributed by atoms with E-state index in [1.807, 2.05) is 0 Å². The second-order valence-electron chi connectivity index (χ2n) is 4.00. The Morgan fingerprint density at radius 3 is 2.78 bits per heavy atom. The monoisotopic (exact) mass is 271 g/mol. The summed E-state index contributed by atoms with van der Waals surface area (Å²) in [4.78, 5) is 26.3. The van der Waals surface area contributed by atoms with Crippen LogP contribution in [0.5, 0.6) is 0 Å². The van der Waals surface area contributed by atoms with Crippen molar-refractivity contribution in [2.24, 2.45) is 0 Å². The van der Waals surface area contributed by atoms with Crippen molar-refractivity contribution in [2.75, 3.05) is 11.4 Å². The summed E-state index contributed by atoms with van der Waals surface area (Å²) in [5.74, 6) is -1.05. The highest BCUT2D eigenvalue weighted by Crippen LogP contribution is 2.40. The second-order valence-corrected chi connectivity index (χ2v) is 4.41. The van der Waals surface area contributed by atoms with Gasteiger partial charge in [0.25, 0.3) is 0 Å². The third-order valence-electron chi connectivity index (χ3n) is 2.63. The molecule has 1 heterocycles. The molecule has 1 aliphatic rings. The summed E-state index contributed by atoms with van der Waals surface area (Å²) in [6, 6.07) is -0.000278. The van der Waals surface area contributed by atoms with Crippen LogP contribution in [0, 0.1) is 10.1 Å². The van der Waals surface area contributed by atoms with Crippen LogP contribution in [-0.2, 0) is 4.79 Å². The number of aliphatic carboxylic acids is 1. The largest absolute Gasteiger partial charge is 0.480 e. The average Bonchev–Trinajstić information content (AvgIpc) is 3.09. The number of carbonyl (C=O) groups is 1. The number of hydrogen-bond donors (Lipinski definition) is 1. The molecule has 96 valence electrons. The smallest absolute Gasteiger partial charge is 0.323 e. The third-order valence-corrected chi connectivity index (χ3v) is 2.91. The average molecular weight is 272 g/mol. The third kappa shape index (κ3) is 2.51. The van der Waals surface area contributed by atoms with E-state index in [-0.39, 0.29) is 29.0 Å². The van der Waals surface area contributed by atoms with Gasteiger partial charge >= 0.3 is 11.7 Å². The van der Waals surface area contributed by atoms with Crippen LogP contribution in [0.25, 0.3) is 0 Å². The molecule has 0 spiro atoms. The van der Waals surface area contributed by atoms with Crippen LogP contribution >= 0.6 is 11.6 Å². The fourth-order valence-electron chi connectivity index (χ4n) is 1.76. The number of anilines is 1. The number of nitro groups is 1. The first-order valence-electron chi connectivity index (χ1n) is 5.27. The first-order valence-corrected chi connectivity index (χ1v) is 5.65. The highest BCUT2D eigenvalue weighted by atomic mass is 35.5. The molecule has 1 N–H and O–H groups in total. The molecule has 8 heteroatoms.